The second-order valence-corrected chi connectivity index (χ2v) is 3.94. The molecule has 1 N–H and O–H groups in total. The van der Waals surface area contributed by atoms with Crippen LogP contribution in [0.1, 0.15) is 44.1 Å². The summed E-state index contributed by atoms with van der Waals surface area (Å²) in [7, 11) is 2.01. The maximum atomic E-state index is 4.57. The van der Waals surface area contributed by atoms with Gasteiger partial charge in [0.1, 0.15) is 0 Å². The van der Waals surface area contributed by atoms with E-state index in [0.717, 1.165) is 25.8 Å². The van der Waals surface area contributed by atoms with Crippen molar-refractivity contribution in [2.45, 2.75) is 45.7 Å². The lowest BCUT2D eigenvalue weighted by molar-refractivity contribution is 0.491. The Kier molecular flexibility index (Phi) is 5.26. The number of allylic oxidation sites excluding steroid dienone is 1. The Labute approximate surface area is 98.5 Å². The van der Waals surface area contributed by atoms with Crippen LogP contribution in [0.25, 0.3) is 0 Å². The molecule has 3 heteroatoms. The van der Waals surface area contributed by atoms with E-state index in [0.29, 0.717) is 6.04 Å². The number of hydrogen-bond donors (Lipinski definition) is 1. The first kappa shape index (κ1) is 13.0. The molecule has 0 saturated heterocycles. The topological polar surface area (TPSA) is 29.9 Å². The van der Waals surface area contributed by atoms with Crippen molar-refractivity contribution in [1.82, 2.24) is 15.1 Å². The molecule has 1 rings (SSSR count). The minimum atomic E-state index is 0.380. The van der Waals surface area contributed by atoms with Crippen molar-refractivity contribution in [3.8, 4) is 0 Å². The molecule has 0 aliphatic carbocycles. The molecule has 16 heavy (non-hydrogen) atoms. The van der Waals surface area contributed by atoms with E-state index >= 15 is 0 Å². The number of nitrogens with zero attached hydrogens (tertiary/aromatic N) is 2. The zero-order chi connectivity index (χ0) is 12.0. The van der Waals surface area contributed by atoms with Crippen molar-refractivity contribution in [3.63, 3.8) is 0 Å². The molecule has 0 radical (unpaired) electrons. The van der Waals surface area contributed by atoms with Crippen molar-refractivity contribution < 1.29 is 0 Å². The first-order valence-corrected chi connectivity index (χ1v) is 6.11. The third-order valence-electron chi connectivity index (χ3n) is 2.89. The Morgan fingerprint density at radius 2 is 2.31 bits per heavy atom. The fourth-order valence-electron chi connectivity index (χ4n) is 1.92. The van der Waals surface area contributed by atoms with Gasteiger partial charge in [0.2, 0.25) is 0 Å². The highest BCUT2D eigenvalue weighted by molar-refractivity contribution is 5.14. The fraction of sp³-hybridized carbons (Fsp3) is 0.615. The largest absolute Gasteiger partial charge is 0.312 e. The monoisotopic (exact) mass is 221 g/mol. The minimum absolute atomic E-state index is 0.380. The van der Waals surface area contributed by atoms with Gasteiger partial charge in [-0.2, -0.15) is 5.10 Å². The van der Waals surface area contributed by atoms with Gasteiger partial charge in [0.15, 0.2) is 0 Å². The van der Waals surface area contributed by atoms with Gasteiger partial charge >= 0.3 is 0 Å². The zero-order valence-corrected chi connectivity index (χ0v) is 10.7. The smallest absolute Gasteiger partial charge is 0.0625 e. The Balaban J connectivity index is 2.88. The molecule has 3 nitrogen and oxygen atoms in total. The van der Waals surface area contributed by atoms with Gasteiger partial charge in [-0.05, 0) is 39.3 Å². The van der Waals surface area contributed by atoms with Crippen molar-refractivity contribution in [2.75, 3.05) is 7.05 Å². The van der Waals surface area contributed by atoms with Crippen LogP contribution >= 0.6 is 0 Å². The second-order valence-electron chi connectivity index (χ2n) is 3.94. The normalized spacial score (nSPS) is 12.7. The molecular formula is C13H23N3. The SMILES string of the molecule is C=CCCC(NC)c1cc(CC)nn1CC. The van der Waals surface area contributed by atoms with Gasteiger partial charge in [0.05, 0.1) is 11.4 Å². The van der Waals surface area contributed by atoms with E-state index < -0.39 is 0 Å². The van der Waals surface area contributed by atoms with Crippen LogP contribution < -0.4 is 5.32 Å². The number of rotatable bonds is 7. The number of aromatic nitrogens is 2. The lowest BCUT2D eigenvalue weighted by Crippen LogP contribution is -2.20. The average molecular weight is 221 g/mol. The zero-order valence-electron chi connectivity index (χ0n) is 10.7. The molecule has 90 valence electrons. The van der Waals surface area contributed by atoms with E-state index in [1.807, 2.05) is 13.1 Å². The van der Waals surface area contributed by atoms with Gasteiger partial charge < -0.3 is 5.32 Å². The van der Waals surface area contributed by atoms with Crippen LogP contribution in [0.15, 0.2) is 18.7 Å². The molecule has 1 unspecified atom stereocenters. The fourth-order valence-corrected chi connectivity index (χ4v) is 1.92. The van der Waals surface area contributed by atoms with Crippen LogP contribution in [0.5, 0.6) is 0 Å². The first-order valence-electron chi connectivity index (χ1n) is 6.11. The highest BCUT2D eigenvalue weighted by Crippen LogP contribution is 2.19. The van der Waals surface area contributed by atoms with Gasteiger partial charge in [-0.25, -0.2) is 0 Å². The maximum absolute atomic E-state index is 4.57. The summed E-state index contributed by atoms with van der Waals surface area (Å²) in [6.07, 6.45) is 5.08. The van der Waals surface area contributed by atoms with Gasteiger partial charge in [-0.15, -0.1) is 6.58 Å². The molecule has 0 saturated carbocycles. The van der Waals surface area contributed by atoms with Gasteiger partial charge in [0, 0.05) is 12.6 Å². The quantitative estimate of drug-likeness (QED) is 0.717. The lowest BCUT2D eigenvalue weighted by atomic mass is 10.1. The second kappa shape index (κ2) is 6.48. The van der Waals surface area contributed by atoms with Gasteiger partial charge in [-0.3, -0.25) is 4.68 Å². The predicted molar refractivity (Wildman–Crippen MR) is 68.5 cm³/mol. The van der Waals surface area contributed by atoms with Crippen LogP contribution in [0.2, 0.25) is 0 Å². The van der Waals surface area contributed by atoms with Gasteiger partial charge in [-0.1, -0.05) is 13.0 Å². The van der Waals surface area contributed by atoms with Crippen molar-refractivity contribution >= 4 is 0 Å². The summed E-state index contributed by atoms with van der Waals surface area (Å²) in [5.41, 5.74) is 2.47. The Morgan fingerprint density at radius 1 is 1.56 bits per heavy atom. The molecule has 1 heterocycles. The molecule has 1 aromatic heterocycles. The molecule has 0 spiro atoms. The van der Waals surface area contributed by atoms with Crippen LogP contribution in [-0.4, -0.2) is 16.8 Å². The third-order valence-corrected chi connectivity index (χ3v) is 2.89. The molecule has 0 aliphatic rings. The van der Waals surface area contributed by atoms with Crippen molar-refractivity contribution in [2.24, 2.45) is 0 Å². The summed E-state index contributed by atoms with van der Waals surface area (Å²) in [6, 6.07) is 2.60. The van der Waals surface area contributed by atoms with E-state index in [2.05, 4.69) is 41.6 Å². The Morgan fingerprint density at radius 3 is 2.81 bits per heavy atom. The minimum Gasteiger partial charge on any atom is -0.312 e. The first-order chi connectivity index (χ1) is 7.76. The molecule has 1 atom stereocenters. The van der Waals surface area contributed by atoms with Crippen LogP contribution in [0.4, 0.5) is 0 Å². The van der Waals surface area contributed by atoms with Crippen molar-refractivity contribution in [3.05, 3.63) is 30.1 Å². The molecule has 0 aliphatic heterocycles. The maximum Gasteiger partial charge on any atom is 0.0625 e. The lowest BCUT2D eigenvalue weighted by Gasteiger charge is -2.16. The average Bonchev–Trinajstić information content (AvgIpc) is 2.73. The summed E-state index contributed by atoms with van der Waals surface area (Å²) in [6.45, 7) is 8.98. The Hall–Kier alpha value is -1.09. The number of hydrogen-bond acceptors (Lipinski definition) is 2. The highest BCUT2D eigenvalue weighted by Gasteiger charge is 2.14. The van der Waals surface area contributed by atoms with E-state index in [-0.39, 0.29) is 0 Å². The number of nitrogens with one attached hydrogen (secondary N) is 1. The molecule has 0 aromatic carbocycles. The van der Waals surface area contributed by atoms with E-state index in [1.165, 1.54) is 11.4 Å². The highest BCUT2D eigenvalue weighted by atomic mass is 15.3. The van der Waals surface area contributed by atoms with Crippen LogP contribution in [0.3, 0.4) is 0 Å². The molecule has 0 amide bonds. The summed E-state index contributed by atoms with van der Waals surface area (Å²) in [5, 5.41) is 7.93. The van der Waals surface area contributed by atoms with E-state index in [4.69, 9.17) is 0 Å². The summed E-state index contributed by atoms with van der Waals surface area (Å²) < 4.78 is 2.10. The molecule has 1 aromatic rings. The molecule has 0 fully saturated rings. The molecule has 0 bridgehead atoms. The van der Waals surface area contributed by atoms with E-state index in [9.17, 15) is 0 Å². The predicted octanol–water partition coefficient (Wildman–Crippen LogP) is 2.69. The standard InChI is InChI=1S/C13H23N3/c1-5-8-9-12(14-4)13-10-11(6-2)15-16(13)7-3/h5,10,12,14H,1,6-9H2,2-4H3. The summed E-state index contributed by atoms with van der Waals surface area (Å²) in [4.78, 5) is 0. The van der Waals surface area contributed by atoms with Crippen LogP contribution in [-0.2, 0) is 13.0 Å². The van der Waals surface area contributed by atoms with Gasteiger partial charge in [0.25, 0.3) is 0 Å². The summed E-state index contributed by atoms with van der Waals surface area (Å²) in [5.74, 6) is 0. The third kappa shape index (κ3) is 2.95. The molecular weight excluding hydrogens is 198 g/mol. The van der Waals surface area contributed by atoms with Crippen LogP contribution in [0, 0.1) is 0 Å². The van der Waals surface area contributed by atoms with E-state index in [1.54, 1.807) is 0 Å². The Bertz CT molecular complexity index is 328. The number of aryl methyl sites for hydroxylation is 2. The van der Waals surface area contributed by atoms with Crippen molar-refractivity contribution in [1.29, 1.82) is 0 Å². The summed E-state index contributed by atoms with van der Waals surface area (Å²) >= 11 is 0.